The molecule has 6 heteroatoms. The number of nitrogens with one attached hydrogen (secondary N) is 1. The van der Waals surface area contributed by atoms with Gasteiger partial charge in [0, 0.05) is 18.1 Å². The highest BCUT2D eigenvalue weighted by Crippen LogP contribution is 2.29. The Hall–Kier alpha value is -3.02. The maximum Gasteiger partial charge on any atom is 0.179 e. The zero-order chi connectivity index (χ0) is 17.1. The van der Waals surface area contributed by atoms with Crippen molar-refractivity contribution in [3.63, 3.8) is 0 Å². The van der Waals surface area contributed by atoms with E-state index in [4.69, 9.17) is 4.74 Å². The summed E-state index contributed by atoms with van der Waals surface area (Å²) in [6, 6.07) is 6.68. The standard InChI is InChI=1S/C18H17FN4O/c1-11-4-5-14(19)13(8-11)17-21-10-16(24-3)18(23-17)22-15-6-7-20-9-12(15)2/h4-10H,1-3H3,(H,20,21,22,23). The Balaban J connectivity index is 2.06. The van der Waals surface area contributed by atoms with Crippen LogP contribution in [0.1, 0.15) is 11.1 Å². The van der Waals surface area contributed by atoms with Crippen LogP contribution in [0.3, 0.4) is 0 Å². The molecule has 0 fully saturated rings. The number of benzene rings is 1. The van der Waals surface area contributed by atoms with Crippen molar-refractivity contribution in [1.29, 1.82) is 0 Å². The number of aromatic nitrogens is 3. The molecule has 0 aliphatic heterocycles. The highest BCUT2D eigenvalue weighted by molar-refractivity contribution is 5.67. The molecule has 0 saturated carbocycles. The van der Waals surface area contributed by atoms with Crippen LogP contribution in [0, 0.1) is 19.7 Å². The molecule has 0 amide bonds. The van der Waals surface area contributed by atoms with Crippen molar-refractivity contribution in [2.24, 2.45) is 0 Å². The van der Waals surface area contributed by atoms with Gasteiger partial charge in [0.2, 0.25) is 0 Å². The first-order valence-corrected chi connectivity index (χ1v) is 7.43. The Morgan fingerprint density at radius 3 is 2.71 bits per heavy atom. The Morgan fingerprint density at radius 2 is 1.96 bits per heavy atom. The largest absolute Gasteiger partial charge is 0.491 e. The second kappa shape index (κ2) is 6.62. The molecule has 0 spiro atoms. The number of methoxy groups -OCH3 is 1. The van der Waals surface area contributed by atoms with E-state index in [1.54, 1.807) is 24.5 Å². The molecule has 0 radical (unpaired) electrons. The van der Waals surface area contributed by atoms with Gasteiger partial charge >= 0.3 is 0 Å². The van der Waals surface area contributed by atoms with Crippen molar-refractivity contribution >= 4 is 11.5 Å². The van der Waals surface area contributed by atoms with Crippen molar-refractivity contribution < 1.29 is 9.13 Å². The third kappa shape index (κ3) is 3.17. The zero-order valence-electron chi connectivity index (χ0n) is 13.7. The third-order valence-corrected chi connectivity index (χ3v) is 3.61. The van der Waals surface area contributed by atoms with Crippen LogP contribution in [0.2, 0.25) is 0 Å². The number of aryl methyl sites for hydroxylation is 2. The predicted molar refractivity (Wildman–Crippen MR) is 91.0 cm³/mol. The lowest BCUT2D eigenvalue weighted by Crippen LogP contribution is -2.02. The number of anilines is 2. The van der Waals surface area contributed by atoms with E-state index in [0.717, 1.165) is 16.8 Å². The molecule has 1 N–H and O–H groups in total. The third-order valence-electron chi connectivity index (χ3n) is 3.61. The first-order chi connectivity index (χ1) is 11.6. The normalized spacial score (nSPS) is 10.5. The molecule has 5 nitrogen and oxygen atoms in total. The molecule has 0 saturated heterocycles. The van der Waals surface area contributed by atoms with Gasteiger partial charge in [0.15, 0.2) is 17.4 Å². The monoisotopic (exact) mass is 324 g/mol. The number of pyridine rings is 1. The predicted octanol–water partition coefficient (Wildman–Crippen LogP) is 4.05. The number of ether oxygens (including phenoxy) is 1. The van der Waals surface area contributed by atoms with Crippen LogP contribution in [0.25, 0.3) is 11.4 Å². The molecule has 2 aromatic heterocycles. The smallest absolute Gasteiger partial charge is 0.179 e. The second-order valence-electron chi connectivity index (χ2n) is 5.41. The van der Waals surface area contributed by atoms with Crippen LogP contribution in [0.5, 0.6) is 5.75 Å². The van der Waals surface area contributed by atoms with Crippen molar-refractivity contribution in [3.05, 3.63) is 59.8 Å². The summed E-state index contributed by atoms with van der Waals surface area (Å²) in [5, 5.41) is 3.20. The summed E-state index contributed by atoms with van der Waals surface area (Å²) in [5.74, 6) is 0.878. The summed E-state index contributed by atoms with van der Waals surface area (Å²) >= 11 is 0. The van der Waals surface area contributed by atoms with Crippen molar-refractivity contribution in [1.82, 2.24) is 15.0 Å². The van der Waals surface area contributed by atoms with Crippen molar-refractivity contribution in [2.75, 3.05) is 12.4 Å². The summed E-state index contributed by atoms with van der Waals surface area (Å²) in [6.45, 7) is 3.83. The lowest BCUT2D eigenvalue weighted by atomic mass is 10.1. The van der Waals surface area contributed by atoms with Crippen LogP contribution in [0.15, 0.2) is 42.9 Å². The van der Waals surface area contributed by atoms with E-state index in [9.17, 15) is 4.39 Å². The van der Waals surface area contributed by atoms with E-state index in [-0.39, 0.29) is 5.82 Å². The molecule has 0 atom stereocenters. The van der Waals surface area contributed by atoms with Crippen LogP contribution in [0.4, 0.5) is 15.9 Å². The van der Waals surface area contributed by atoms with Gasteiger partial charge in [-0.25, -0.2) is 14.4 Å². The number of nitrogens with zero attached hydrogens (tertiary/aromatic N) is 3. The van der Waals surface area contributed by atoms with E-state index in [2.05, 4.69) is 20.3 Å². The molecule has 3 rings (SSSR count). The van der Waals surface area contributed by atoms with Gasteiger partial charge < -0.3 is 10.1 Å². The first-order valence-electron chi connectivity index (χ1n) is 7.43. The average molecular weight is 324 g/mol. The van der Waals surface area contributed by atoms with Crippen molar-refractivity contribution in [2.45, 2.75) is 13.8 Å². The maximum absolute atomic E-state index is 14.1. The zero-order valence-corrected chi connectivity index (χ0v) is 13.7. The van der Waals surface area contributed by atoms with E-state index >= 15 is 0 Å². The highest BCUT2D eigenvalue weighted by Gasteiger charge is 2.13. The molecule has 0 aliphatic carbocycles. The summed E-state index contributed by atoms with van der Waals surface area (Å²) in [4.78, 5) is 12.7. The van der Waals surface area contributed by atoms with Crippen LogP contribution < -0.4 is 10.1 Å². The van der Waals surface area contributed by atoms with Gasteiger partial charge in [0.1, 0.15) is 5.82 Å². The van der Waals surface area contributed by atoms with E-state index < -0.39 is 0 Å². The molecular weight excluding hydrogens is 307 g/mol. The number of halogens is 1. The fraction of sp³-hybridized carbons (Fsp3) is 0.167. The van der Waals surface area contributed by atoms with Gasteiger partial charge in [-0.1, -0.05) is 11.6 Å². The lowest BCUT2D eigenvalue weighted by Gasteiger charge is -2.13. The second-order valence-corrected chi connectivity index (χ2v) is 5.41. The SMILES string of the molecule is COc1cnc(-c2cc(C)ccc2F)nc1Nc1ccncc1C. The van der Waals surface area contributed by atoms with Gasteiger partial charge in [-0.2, -0.15) is 0 Å². The fourth-order valence-electron chi connectivity index (χ4n) is 2.29. The Kier molecular flexibility index (Phi) is 4.37. The van der Waals surface area contributed by atoms with E-state index in [0.29, 0.717) is 23.0 Å². The Morgan fingerprint density at radius 1 is 1.12 bits per heavy atom. The molecule has 2 heterocycles. The molecular formula is C18H17FN4O. The minimum Gasteiger partial charge on any atom is -0.491 e. The van der Waals surface area contributed by atoms with E-state index in [1.807, 2.05) is 19.9 Å². The Bertz CT molecular complexity index is 883. The van der Waals surface area contributed by atoms with Crippen LogP contribution in [-0.4, -0.2) is 22.1 Å². The molecule has 3 aromatic rings. The van der Waals surface area contributed by atoms with Gasteiger partial charge in [0.25, 0.3) is 0 Å². The molecule has 24 heavy (non-hydrogen) atoms. The minimum absolute atomic E-state index is 0.297. The first kappa shape index (κ1) is 15.9. The highest BCUT2D eigenvalue weighted by atomic mass is 19.1. The van der Waals surface area contributed by atoms with E-state index in [1.165, 1.54) is 19.4 Å². The topological polar surface area (TPSA) is 59.9 Å². The number of hydrogen-bond acceptors (Lipinski definition) is 5. The summed E-state index contributed by atoms with van der Waals surface area (Å²) in [5.41, 5.74) is 3.09. The maximum atomic E-state index is 14.1. The average Bonchev–Trinajstić information content (AvgIpc) is 2.59. The van der Waals surface area contributed by atoms with Gasteiger partial charge in [0.05, 0.1) is 18.9 Å². The van der Waals surface area contributed by atoms with Crippen LogP contribution in [-0.2, 0) is 0 Å². The van der Waals surface area contributed by atoms with Crippen molar-refractivity contribution in [3.8, 4) is 17.1 Å². The number of rotatable bonds is 4. The number of hydrogen-bond donors (Lipinski definition) is 1. The van der Waals surface area contributed by atoms with Gasteiger partial charge in [-0.3, -0.25) is 4.98 Å². The molecule has 0 bridgehead atoms. The summed E-state index contributed by atoms with van der Waals surface area (Å²) < 4.78 is 19.4. The Labute approximate surface area is 139 Å². The van der Waals surface area contributed by atoms with Gasteiger partial charge in [-0.05, 0) is 37.6 Å². The summed E-state index contributed by atoms with van der Waals surface area (Å²) in [7, 11) is 1.54. The lowest BCUT2D eigenvalue weighted by molar-refractivity contribution is 0.413. The fourth-order valence-corrected chi connectivity index (χ4v) is 2.29. The minimum atomic E-state index is -0.364. The quantitative estimate of drug-likeness (QED) is 0.784. The molecule has 0 aliphatic rings. The molecule has 1 aromatic carbocycles. The summed E-state index contributed by atoms with van der Waals surface area (Å²) in [6.07, 6.45) is 4.96. The molecule has 0 unspecified atom stereocenters. The van der Waals surface area contributed by atoms with Gasteiger partial charge in [-0.15, -0.1) is 0 Å². The van der Waals surface area contributed by atoms with Crippen LogP contribution >= 0.6 is 0 Å². The molecule has 122 valence electrons.